The summed E-state index contributed by atoms with van der Waals surface area (Å²) in [5.74, 6) is 0. The molecule has 13 heavy (non-hydrogen) atoms. The highest BCUT2D eigenvalue weighted by Gasteiger charge is 2.02. The highest BCUT2D eigenvalue weighted by molar-refractivity contribution is 4.84. The van der Waals surface area contributed by atoms with Crippen LogP contribution in [0, 0.1) is 0 Å². The van der Waals surface area contributed by atoms with Crippen LogP contribution in [0.15, 0.2) is 24.5 Å². The Morgan fingerprint density at radius 2 is 1.62 bits per heavy atom. The molecule has 0 aromatic carbocycles. The normalized spacial score (nSPS) is 9.54. The van der Waals surface area contributed by atoms with E-state index in [1.165, 1.54) is 0 Å². The Bertz CT molecular complexity index is 151. The fourth-order valence-electron chi connectivity index (χ4n) is 0.578. The summed E-state index contributed by atoms with van der Waals surface area (Å²) in [5.41, 5.74) is 0. The van der Waals surface area contributed by atoms with Crippen molar-refractivity contribution in [2.24, 2.45) is 0 Å². The minimum atomic E-state index is 0. The lowest BCUT2D eigenvalue weighted by Crippen LogP contribution is -2.36. The molecule has 1 rings (SSSR count). The lowest BCUT2D eigenvalue weighted by atomic mass is 10.5. The van der Waals surface area contributed by atoms with Gasteiger partial charge in [-0.15, -0.1) is 0 Å². The van der Waals surface area contributed by atoms with E-state index in [0.717, 1.165) is 11.0 Å². The average Bonchev–Trinajstić information content (AvgIpc) is 2.38. The topological polar surface area (TPSA) is 67.5 Å². The molecule has 0 unspecified atom stereocenters. The van der Waals surface area contributed by atoms with E-state index in [1.807, 2.05) is 24.5 Å². The van der Waals surface area contributed by atoms with Crippen molar-refractivity contribution in [1.82, 2.24) is 4.98 Å². The molecule has 1 aromatic heterocycles. The fraction of sp³-hybridized carbons (Fsp3) is 0.556. The van der Waals surface area contributed by atoms with Gasteiger partial charge in [0.05, 0.1) is 27.7 Å². The fourth-order valence-corrected chi connectivity index (χ4v) is 0.578. The lowest BCUT2D eigenvalue weighted by Gasteiger charge is -2.21. The monoisotopic (exact) mass is 189 g/mol. The van der Waals surface area contributed by atoms with Crippen molar-refractivity contribution in [3.63, 3.8) is 0 Å². The first kappa shape index (κ1) is 14.7. The van der Waals surface area contributed by atoms with Crippen molar-refractivity contribution in [2.75, 3.05) is 34.3 Å². The van der Waals surface area contributed by atoms with Gasteiger partial charge in [-0.3, -0.25) is 0 Å². The summed E-state index contributed by atoms with van der Waals surface area (Å²) in [6.45, 7) is 1.11. The van der Waals surface area contributed by atoms with Crippen LogP contribution < -0.4 is 0 Å². The maximum atomic E-state index is 8.39. The van der Waals surface area contributed by atoms with Crippen LogP contribution in [0.1, 0.15) is 0 Å². The molecule has 4 nitrogen and oxygen atoms in total. The summed E-state index contributed by atoms with van der Waals surface area (Å²) >= 11 is 0. The van der Waals surface area contributed by atoms with E-state index < -0.39 is 0 Å². The predicted molar refractivity (Wildman–Crippen MR) is 54.4 cm³/mol. The van der Waals surface area contributed by atoms with Gasteiger partial charge in [-0.1, -0.05) is 0 Å². The van der Waals surface area contributed by atoms with Crippen LogP contribution >= 0.6 is 0 Å². The van der Waals surface area contributed by atoms with Crippen LogP contribution in [-0.2, 0) is 0 Å². The third-order valence-corrected chi connectivity index (χ3v) is 1.27. The SMILES string of the molecule is C[N+](C)(C)CCO.O.c1cc[nH]c1. The van der Waals surface area contributed by atoms with Crippen molar-refractivity contribution >= 4 is 0 Å². The Morgan fingerprint density at radius 1 is 1.15 bits per heavy atom. The Kier molecular flexibility index (Phi) is 8.79. The van der Waals surface area contributed by atoms with Crippen LogP contribution in [-0.4, -0.2) is 54.3 Å². The van der Waals surface area contributed by atoms with Gasteiger partial charge in [-0.2, -0.15) is 0 Å². The zero-order chi connectivity index (χ0) is 9.45. The number of nitrogens with one attached hydrogen (secondary N) is 1. The van der Waals surface area contributed by atoms with E-state index in [1.54, 1.807) is 0 Å². The van der Waals surface area contributed by atoms with Crippen molar-refractivity contribution in [2.45, 2.75) is 0 Å². The molecular weight excluding hydrogens is 168 g/mol. The number of H-pyrrole nitrogens is 1. The van der Waals surface area contributed by atoms with Crippen LogP contribution in [0.2, 0.25) is 0 Å². The Labute approximate surface area is 79.7 Å². The van der Waals surface area contributed by atoms with Gasteiger partial charge in [0.15, 0.2) is 0 Å². The van der Waals surface area contributed by atoms with Gasteiger partial charge in [0.25, 0.3) is 0 Å². The Hall–Kier alpha value is -0.840. The van der Waals surface area contributed by atoms with Crippen molar-refractivity contribution in [1.29, 1.82) is 0 Å². The maximum Gasteiger partial charge on any atom is 0.101 e. The number of aromatic amines is 1. The molecule has 0 atom stereocenters. The van der Waals surface area contributed by atoms with Gasteiger partial charge < -0.3 is 20.0 Å². The molecule has 0 aliphatic heterocycles. The van der Waals surface area contributed by atoms with Crippen LogP contribution in [0.25, 0.3) is 0 Å². The van der Waals surface area contributed by atoms with E-state index in [9.17, 15) is 0 Å². The average molecular weight is 189 g/mol. The second kappa shape index (κ2) is 7.79. The minimum Gasteiger partial charge on any atom is -0.412 e. The summed E-state index contributed by atoms with van der Waals surface area (Å²) in [5, 5.41) is 8.39. The molecule has 1 heterocycles. The van der Waals surface area contributed by atoms with Gasteiger partial charge >= 0.3 is 0 Å². The van der Waals surface area contributed by atoms with Crippen LogP contribution in [0.3, 0.4) is 0 Å². The number of aliphatic hydroxyl groups excluding tert-OH is 1. The van der Waals surface area contributed by atoms with Crippen molar-refractivity contribution in [3.8, 4) is 0 Å². The van der Waals surface area contributed by atoms with E-state index in [0.29, 0.717) is 0 Å². The molecule has 4 heteroatoms. The third-order valence-electron chi connectivity index (χ3n) is 1.27. The molecule has 0 fully saturated rings. The van der Waals surface area contributed by atoms with Gasteiger partial charge in [0.1, 0.15) is 6.54 Å². The molecule has 0 aliphatic carbocycles. The van der Waals surface area contributed by atoms with E-state index >= 15 is 0 Å². The second-order valence-corrected chi connectivity index (χ2v) is 3.62. The second-order valence-electron chi connectivity index (χ2n) is 3.62. The summed E-state index contributed by atoms with van der Waals surface area (Å²) < 4.78 is 0.844. The number of aliphatic hydroxyl groups is 1. The number of quaternary nitrogens is 1. The summed E-state index contributed by atoms with van der Waals surface area (Å²) in [6.07, 6.45) is 3.75. The van der Waals surface area contributed by atoms with Crippen LogP contribution in [0.4, 0.5) is 0 Å². The molecule has 0 saturated heterocycles. The van der Waals surface area contributed by atoms with Crippen molar-refractivity contribution < 1.29 is 15.1 Å². The molecule has 0 saturated carbocycles. The summed E-state index contributed by atoms with van der Waals surface area (Å²) in [4.78, 5) is 2.86. The first-order chi connectivity index (χ1) is 5.56. The summed E-state index contributed by atoms with van der Waals surface area (Å²) in [6, 6.07) is 3.89. The number of likely N-dealkylation sites (N-methyl/N-ethyl adjacent to an activating group) is 1. The number of rotatable bonds is 2. The quantitative estimate of drug-likeness (QED) is 0.625. The maximum absolute atomic E-state index is 8.39. The molecule has 78 valence electrons. The number of aromatic nitrogens is 1. The molecule has 0 radical (unpaired) electrons. The Morgan fingerprint density at radius 3 is 1.69 bits per heavy atom. The largest absolute Gasteiger partial charge is 0.412 e. The van der Waals surface area contributed by atoms with Crippen molar-refractivity contribution in [3.05, 3.63) is 24.5 Å². The molecule has 4 N–H and O–H groups in total. The molecule has 1 aromatic rings. The molecule has 0 amide bonds. The predicted octanol–water partition coefficient (Wildman–Crippen LogP) is -0.125. The first-order valence-corrected chi connectivity index (χ1v) is 4.05. The standard InChI is InChI=1S/C5H14NO.C4H5N.H2O/c1-6(2,3)4-5-7;1-2-4-5-3-1;/h7H,4-5H2,1-3H3;1-5H;1H2/q+1;;. The molecule has 0 bridgehead atoms. The van der Waals surface area contributed by atoms with E-state index in [2.05, 4.69) is 26.1 Å². The van der Waals surface area contributed by atoms with Gasteiger partial charge in [-0.25, -0.2) is 0 Å². The number of hydrogen-bond acceptors (Lipinski definition) is 1. The highest BCUT2D eigenvalue weighted by atomic mass is 16.3. The molecule has 0 aliphatic rings. The minimum absolute atomic E-state index is 0. The molecular formula is C9H21N2O2+. The first-order valence-electron chi connectivity index (χ1n) is 4.05. The zero-order valence-corrected chi connectivity index (χ0v) is 8.62. The summed E-state index contributed by atoms with van der Waals surface area (Å²) in [7, 11) is 6.16. The van der Waals surface area contributed by atoms with Crippen LogP contribution in [0.5, 0.6) is 0 Å². The lowest BCUT2D eigenvalue weighted by molar-refractivity contribution is -0.870. The third kappa shape index (κ3) is 14.1. The van der Waals surface area contributed by atoms with E-state index in [4.69, 9.17) is 5.11 Å². The van der Waals surface area contributed by atoms with Gasteiger partial charge in [-0.05, 0) is 12.1 Å². The van der Waals surface area contributed by atoms with E-state index in [-0.39, 0.29) is 12.1 Å². The molecule has 0 spiro atoms. The van der Waals surface area contributed by atoms with Gasteiger partial charge in [0, 0.05) is 12.4 Å². The zero-order valence-electron chi connectivity index (χ0n) is 8.62. The number of nitrogens with zero attached hydrogens (tertiary/aromatic N) is 1. The highest BCUT2D eigenvalue weighted by Crippen LogP contribution is 1.84. The smallest absolute Gasteiger partial charge is 0.101 e. The Balaban J connectivity index is 0. The van der Waals surface area contributed by atoms with Gasteiger partial charge in [0.2, 0.25) is 0 Å². The number of hydrogen-bond donors (Lipinski definition) is 2.